The van der Waals surface area contributed by atoms with Crippen LogP contribution in [0.2, 0.25) is 0 Å². The van der Waals surface area contributed by atoms with Gasteiger partial charge in [0.2, 0.25) is 0 Å². The van der Waals surface area contributed by atoms with Crippen molar-refractivity contribution in [1.29, 1.82) is 0 Å². The fourth-order valence-electron chi connectivity index (χ4n) is 2.30. The second-order valence-corrected chi connectivity index (χ2v) is 5.00. The van der Waals surface area contributed by atoms with Gasteiger partial charge in [-0.25, -0.2) is 9.97 Å². The van der Waals surface area contributed by atoms with Crippen LogP contribution in [0.25, 0.3) is 0 Å². The zero-order chi connectivity index (χ0) is 13.1. The molecule has 1 aromatic heterocycles. The molecule has 18 heavy (non-hydrogen) atoms. The fourth-order valence-corrected chi connectivity index (χ4v) is 2.30. The topological polar surface area (TPSA) is 49.3 Å². The highest BCUT2D eigenvalue weighted by atomic mass is 16.2. The standard InChI is InChI=1S/C13H20N4O/c1-10-14-7-6-12(15-10)13(18)17-8-4-5-11(9-17)16(2)3/h6-7,11H,4-5,8-9H2,1-3H3/t11-/m1/s1. The average molecular weight is 248 g/mol. The molecule has 0 saturated carbocycles. The third-order valence-electron chi connectivity index (χ3n) is 3.41. The van der Waals surface area contributed by atoms with Gasteiger partial charge in [-0.15, -0.1) is 0 Å². The van der Waals surface area contributed by atoms with E-state index in [1.807, 2.05) is 4.90 Å². The normalized spacial score (nSPS) is 20.2. The van der Waals surface area contributed by atoms with E-state index < -0.39 is 0 Å². The number of hydrogen-bond donors (Lipinski definition) is 0. The van der Waals surface area contributed by atoms with Crippen LogP contribution < -0.4 is 0 Å². The maximum Gasteiger partial charge on any atom is 0.272 e. The Bertz CT molecular complexity index is 433. The number of carbonyl (C=O) groups excluding carboxylic acids is 1. The summed E-state index contributed by atoms with van der Waals surface area (Å²) in [5, 5.41) is 0. The Morgan fingerprint density at radius 1 is 1.50 bits per heavy atom. The van der Waals surface area contributed by atoms with Crippen LogP contribution in [0.5, 0.6) is 0 Å². The molecule has 1 atom stereocenters. The first-order valence-electron chi connectivity index (χ1n) is 6.33. The van der Waals surface area contributed by atoms with Crippen LogP contribution in [-0.4, -0.2) is 58.9 Å². The summed E-state index contributed by atoms with van der Waals surface area (Å²) < 4.78 is 0. The summed E-state index contributed by atoms with van der Waals surface area (Å²) in [5.41, 5.74) is 0.502. The van der Waals surface area contributed by atoms with Crippen LogP contribution >= 0.6 is 0 Å². The molecule has 1 saturated heterocycles. The number of aromatic nitrogens is 2. The van der Waals surface area contributed by atoms with E-state index in [1.165, 1.54) is 0 Å². The zero-order valence-electron chi connectivity index (χ0n) is 11.3. The Labute approximate surface area is 108 Å². The van der Waals surface area contributed by atoms with E-state index in [4.69, 9.17) is 0 Å². The minimum Gasteiger partial charge on any atom is -0.336 e. The van der Waals surface area contributed by atoms with Crippen LogP contribution in [0.4, 0.5) is 0 Å². The second kappa shape index (κ2) is 5.44. The van der Waals surface area contributed by atoms with Gasteiger partial charge in [0, 0.05) is 25.3 Å². The molecule has 5 heteroatoms. The molecule has 98 valence electrons. The highest BCUT2D eigenvalue weighted by molar-refractivity contribution is 5.92. The Morgan fingerprint density at radius 2 is 2.28 bits per heavy atom. The van der Waals surface area contributed by atoms with Gasteiger partial charge in [-0.1, -0.05) is 0 Å². The Hall–Kier alpha value is -1.49. The summed E-state index contributed by atoms with van der Waals surface area (Å²) in [6, 6.07) is 2.14. The molecule has 0 bridgehead atoms. The van der Waals surface area contributed by atoms with Gasteiger partial charge >= 0.3 is 0 Å². The van der Waals surface area contributed by atoms with E-state index >= 15 is 0 Å². The monoisotopic (exact) mass is 248 g/mol. The lowest BCUT2D eigenvalue weighted by Crippen LogP contribution is -2.47. The average Bonchev–Trinajstić information content (AvgIpc) is 2.38. The number of carbonyl (C=O) groups is 1. The summed E-state index contributed by atoms with van der Waals surface area (Å²) in [5.74, 6) is 0.661. The minimum atomic E-state index is 0.0204. The molecule has 5 nitrogen and oxygen atoms in total. The predicted octanol–water partition coefficient (Wildman–Crippen LogP) is 0.951. The summed E-state index contributed by atoms with van der Waals surface area (Å²) in [6.45, 7) is 3.41. The van der Waals surface area contributed by atoms with E-state index in [0.29, 0.717) is 17.6 Å². The SMILES string of the molecule is Cc1nccc(C(=O)N2CCC[C@@H](N(C)C)C2)n1. The van der Waals surface area contributed by atoms with E-state index in [1.54, 1.807) is 19.2 Å². The van der Waals surface area contributed by atoms with Crippen molar-refractivity contribution in [2.45, 2.75) is 25.8 Å². The second-order valence-electron chi connectivity index (χ2n) is 5.00. The summed E-state index contributed by atoms with van der Waals surface area (Å²) in [4.78, 5) is 24.6. The molecule has 0 spiro atoms. The number of likely N-dealkylation sites (tertiary alicyclic amines) is 1. The summed E-state index contributed by atoms with van der Waals surface area (Å²) >= 11 is 0. The van der Waals surface area contributed by atoms with E-state index in [0.717, 1.165) is 25.9 Å². The first-order valence-corrected chi connectivity index (χ1v) is 6.33. The van der Waals surface area contributed by atoms with Crippen molar-refractivity contribution in [3.63, 3.8) is 0 Å². The first-order chi connectivity index (χ1) is 8.58. The van der Waals surface area contributed by atoms with E-state index in [-0.39, 0.29) is 5.91 Å². The van der Waals surface area contributed by atoms with Crippen LogP contribution in [0, 0.1) is 6.92 Å². The Morgan fingerprint density at radius 3 is 2.94 bits per heavy atom. The third kappa shape index (κ3) is 2.85. The molecular formula is C13H20N4O. The van der Waals surface area contributed by atoms with Crippen LogP contribution in [0.15, 0.2) is 12.3 Å². The van der Waals surface area contributed by atoms with Gasteiger partial charge < -0.3 is 9.80 Å². The quantitative estimate of drug-likeness (QED) is 0.782. The van der Waals surface area contributed by atoms with Gasteiger partial charge in [0.05, 0.1) is 0 Å². The largest absolute Gasteiger partial charge is 0.336 e. The van der Waals surface area contributed by atoms with Gasteiger partial charge in [-0.05, 0) is 39.9 Å². The molecule has 1 aliphatic heterocycles. The van der Waals surface area contributed by atoms with Crippen molar-refractivity contribution in [1.82, 2.24) is 19.8 Å². The Kier molecular flexibility index (Phi) is 3.91. The van der Waals surface area contributed by atoms with Gasteiger partial charge in [0.15, 0.2) is 0 Å². The summed E-state index contributed by atoms with van der Waals surface area (Å²) in [7, 11) is 4.13. The van der Waals surface area contributed by atoms with Crippen molar-refractivity contribution >= 4 is 5.91 Å². The molecule has 2 rings (SSSR count). The lowest BCUT2D eigenvalue weighted by molar-refractivity contribution is 0.0629. The number of piperidine rings is 1. The fraction of sp³-hybridized carbons (Fsp3) is 0.615. The molecule has 2 heterocycles. The maximum atomic E-state index is 12.3. The van der Waals surface area contributed by atoms with Crippen molar-refractivity contribution in [2.75, 3.05) is 27.2 Å². The molecule has 1 amide bonds. The molecule has 0 unspecified atom stereocenters. The Balaban J connectivity index is 2.09. The minimum absolute atomic E-state index is 0.0204. The maximum absolute atomic E-state index is 12.3. The van der Waals surface area contributed by atoms with Crippen molar-refractivity contribution in [2.24, 2.45) is 0 Å². The molecule has 0 radical (unpaired) electrons. The molecule has 0 N–H and O–H groups in total. The smallest absolute Gasteiger partial charge is 0.272 e. The van der Waals surface area contributed by atoms with Crippen molar-refractivity contribution in [3.8, 4) is 0 Å². The van der Waals surface area contributed by atoms with E-state index in [2.05, 4.69) is 29.0 Å². The van der Waals surface area contributed by atoms with E-state index in [9.17, 15) is 4.79 Å². The number of nitrogens with zero attached hydrogens (tertiary/aromatic N) is 4. The molecule has 1 aromatic rings. The van der Waals surface area contributed by atoms with Crippen LogP contribution in [0.1, 0.15) is 29.2 Å². The van der Waals surface area contributed by atoms with Crippen molar-refractivity contribution in [3.05, 3.63) is 23.8 Å². The zero-order valence-corrected chi connectivity index (χ0v) is 11.3. The molecule has 0 aliphatic carbocycles. The van der Waals surface area contributed by atoms with Crippen LogP contribution in [-0.2, 0) is 0 Å². The predicted molar refractivity (Wildman–Crippen MR) is 69.4 cm³/mol. The highest BCUT2D eigenvalue weighted by Gasteiger charge is 2.26. The lowest BCUT2D eigenvalue weighted by atomic mass is 10.0. The molecule has 1 fully saturated rings. The highest BCUT2D eigenvalue weighted by Crippen LogP contribution is 2.15. The molecule has 0 aromatic carbocycles. The number of aryl methyl sites for hydroxylation is 1. The number of likely N-dealkylation sites (N-methyl/N-ethyl adjacent to an activating group) is 1. The number of amides is 1. The van der Waals surface area contributed by atoms with Crippen molar-refractivity contribution < 1.29 is 4.79 Å². The third-order valence-corrected chi connectivity index (χ3v) is 3.41. The number of rotatable bonds is 2. The van der Waals surface area contributed by atoms with Gasteiger partial charge in [0.1, 0.15) is 11.5 Å². The molecule has 1 aliphatic rings. The van der Waals surface area contributed by atoms with Gasteiger partial charge in [0.25, 0.3) is 5.91 Å². The molecular weight excluding hydrogens is 228 g/mol. The number of hydrogen-bond acceptors (Lipinski definition) is 4. The van der Waals surface area contributed by atoms with Gasteiger partial charge in [-0.3, -0.25) is 4.79 Å². The lowest BCUT2D eigenvalue weighted by Gasteiger charge is -2.35. The van der Waals surface area contributed by atoms with Crippen LogP contribution in [0.3, 0.4) is 0 Å². The van der Waals surface area contributed by atoms with Gasteiger partial charge in [-0.2, -0.15) is 0 Å². The summed E-state index contributed by atoms with van der Waals surface area (Å²) in [6.07, 6.45) is 3.85. The first kappa shape index (κ1) is 13.0.